The van der Waals surface area contributed by atoms with Crippen LogP contribution in [-0.4, -0.2) is 11.8 Å². The zero-order valence-electron chi connectivity index (χ0n) is 7.82. The van der Waals surface area contributed by atoms with Crippen molar-refractivity contribution in [1.29, 1.82) is 0 Å². The number of rotatable bonds is 5. The smallest absolute Gasteiger partial charge is 0.137 e. The standard InChI is InChI=1S/C10H15NO2/c1-8(11)2-3-10(12)6-9-4-5-13-7-9/h4-5,7-8H,2-3,6,11H2,1H3. The molecule has 0 fully saturated rings. The van der Waals surface area contributed by atoms with Gasteiger partial charge < -0.3 is 10.2 Å². The van der Waals surface area contributed by atoms with Crippen molar-refractivity contribution in [2.75, 3.05) is 0 Å². The third-order valence-electron chi connectivity index (χ3n) is 1.86. The molecule has 1 aromatic heterocycles. The Morgan fingerprint density at radius 1 is 1.69 bits per heavy atom. The van der Waals surface area contributed by atoms with Gasteiger partial charge in [0.15, 0.2) is 0 Å². The van der Waals surface area contributed by atoms with Crippen LogP contribution in [0, 0.1) is 0 Å². The Morgan fingerprint density at radius 3 is 3.00 bits per heavy atom. The third kappa shape index (κ3) is 3.90. The molecule has 0 spiro atoms. The number of carbonyl (C=O) groups is 1. The molecule has 0 bridgehead atoms. The molecular formula is C10H15NO2. The SMILES string of the molecule is CC(N)CCC(=O)Cc1ccoc1. The Balaban J connectivity index is 2.26. The molecular weight excluding hydrogens is 166 g/mol. The molecule has 13 heavy (non-hydrogen) atoms. The van der Waals surface area contributed by atoms with E-state index in [-0.39, 0.29) is 11.8 Å². The summed E-state index contributed by atoms with van der Waals surface area (Å²) < 4.78 is 4.86. The molecule has 1 heterocycles. The summed E-state index contributed by atoms with van der Waals surface area (Å²) in [6.07, 6.45) is 4.96. The van der Waals surface area contributed by atoms with Gasteiger partial charge in [0.05, 0.1) is 12.5 Å². The lowest BCUT2D eigenvalue weighted by Crippen LogP contribution is -2.16. The Bertz CT molecular complexity index is 252. The van der Waals surface area contributed by atoms with Gasteiger partial charge >= 0.3 is 0 Å². The molecule has 0 aromatic carbocycles. The van der Waals surface area contributed by atoms with Gasteiger partial charge in [-0.3, -0.25) is 4.79 Å². The minimum atomic E-state index is 0.105. The molecule has 1 aromatic rings. The fourth-order valence-electron chi connectivity index (χ4n) is 1.10. The van der Waals surface area contributed by atoms with Crippen LogP contribution in [0.15, 0.2) is 23.0 Å². The fraction of sp³-hybridized carbons (Fsp3) is 0.500. The molecule has 3 heteroatoms. The Kier molecular flexibility index (Phi) is 3.71. The first kappa shape index (κ1) is 9.99. The van der Waals surface area contributed by atoms with E-state index in [2.05, 4.69) is 0 Å². The van der Waals surface area contributed by atoms with Crippen LogP contribution in [0.1, 0.15) is 25.3 Å². The van der Waals surface area contributed by atoms with Crippen LogP contribution in [0.5, 0.6) is 0 Å². The van der Waals surface area contributed by atoms with E-state index in [0.29, 0.717) is 12.8 Å². The molecule has 0 amide bonds. The fourth-order valence-corrected chi connectivity index (χ4v) is 1.10. The molecule has 2 N–H and O–H groups in total. The van der Waals surface area contributed by atoms with Crippen molar-refractivity contribution >= 4 is 5.78 Å². The summed E-state index contributed by atoms with van der Waals surface area (Å²) in [7, 11) is 0. The Labute approximate surface area is 77.9 Å². The quantitative estimate of drug-likeness (QED) is 0.749. The maximum absolute atomic E-state index is 11.3. The summed E-state index contributed by atoms with van der Waals surface area (Å²) in [5.74, 6) is 0.221. The van der Waals surface area contributed by atoms with Crippen LogP contribution in [0.2, 0.25) is 0 Å². The zero-order chi connectivity index (χ0) is 9.68. The predicted octanol–water partition coefficient (Wildman–Crippen LogP) is 1.52. The predicted molar refractivity (Wildman–Crippen MR) is 50.3 cm³/mol. The maximum atomic E-state index is 11.3. The number of nitrogens with two attached hydrogens (primary N) is 1. The van der Waals surface area contributed by atoms with Crippen molar-refractivity contribution in [2.45, 2.75) is 32.2 Å². The van der Waals surface area contributed by atoms with Gasteiger partial charge in [-0.15, -0.1) is 0 Å². The van der Waals surface area contributed by atoms with E-state index in [1.165, 1.54) is 0 Å². The van der Waals surface area contributed by atoms with Crippen LogP contribution in [0.25, 0.3) is 0 Å². The van der Waals surface area contributed by atoms with Gasteiger partial charge in [-0.25, -0.2) is 0 Å². The second-order valence-electron chi connectivity index (χ2n) is 3.36. The third-order valence-corrected chi connectivity index (χ3v) is 1.86. The first-order valence-electron chi connectivity index (χ1n) is 4.47. The van der Waals surface area contributed by atoms with Crippen LogP contribution < -0.4 is 5.73 Å². The molecule has 0 aliphatic heterocycles. The van der Waals surface area contributed by atoms with Crippen LogP contribution in [0.4, 0.5) is 0 Å². The number of furan rings is 1. The molecule has 1 atom stereocenters. The number of hydrogen-bond acceptors (Lipinski definition) is 3. The van der Waals surface area contributed by atoms with Crippen LogP contribution >= 0.6 is 0 Å². The van der Waals surface area contributed by atoms with Gasteiger partial charge in [-0.1, -0.05) is 0 Å². The number of hydrogen-bond donors (Lipinski definition) is 1. The second-order valence-corrected chi connectivity index (χ2v) is 3.36. The van der Waals surface area contributed by atoms with E-state index in [1.807, 2.05) is 13.0 Å². The van der Waals surface area contributed by atoms with Crippen molar-refractivity contribution in [3.8, 4) is 0 Å². The summed E-state index contributed by atoms with van der Waals surface area (Å²) in [4.78, 5) is 11.3. The van der Waals surface area contributed by atoms with Gasteiger partial charge in [0.2, 0.25) is 0 Å². The Hall–Kier alpha value is -1.09. The maximum Gasteiger partial charge on any atom is 0.137 e. The lowest BCUT2D eigenvalue weighted by molar-refractivity contribution is -0.118. The van der Waals surface area contributed by atoms with E-state index >= 15 is 0 Å². The van der Waals surface area contributed by atoms with Gasteiger partial charge in [0.1, 0.15) is 5.78 Å². The molecule has 0 aliphatic carbocycles. The molecule has 0 saturated carbocycles. The molecule has 0 radical (unpaired) electrons. The van der Waals surface area contributed by atoms with E-state index in [0.717, 1.165) is 12.0 Å². The van der Waals surface area contributed by atoms with Crippen molar-refractivity contribution in [3.63, 3.8) is 0 Å². The van der Waals surface area contributed by atoms with Crippen LogP contribution in [0.3, 0.4) is 0 Å². The lowest BCUT2D eigenvalue weighted by Gasteiger charge is -2.02. The topological polar surface area (TPSA) is 56.2 Å². The molecule has 0 aliphatic rings. The number of ketones is 1. The normalized spacial score (nSPS) is 12.8. The molecule has 72 valence electrons. The average Bonchev–Trinajstić information content (AvgIpc) is 2.53. The molecule has 0 saturated heterocycles. The van der Waals surface area contributed by atoms with Crippen molar-refractivity contribution in [1.82, 2.24) is 0 Å². The van der Waals surface area contributed by atoms with Gasteiger partial charge in [0, 0.05) is 18.9 Å². The van der Waals surface area contributed by atoms with Crippen LogP contribution in [-0.2, 0) is 11.2 Å². The summed E-state index contributed by atoms with van der Waals surface area (Å²) in [6.45, 7) is 1.91. The van der Waals surface area contributed by atoms with Gasteiger partial charge in [-0.05, 0) is 25.0 Å². The highest BCUT2D eigenvalue weighted by atomic mass is 16.3. The second kappa shape index (κ2) is 4.82. The average molecular weight is 181 g/mol. The minimum Gasteiger partial charge on any atom is -0.472 e. The van der Waals surface area contributed by atoms with E-state index < -0.39 is 0 Å². The highest BCUT2D eigenvalue weighted by Crippen LogP contribution is 2.04. The molecule has 1 unspecified atom stereocenters. The summed E-state index contributed by atoms with van der Waals surface area (Å²) in [6, 6.07) is 1.91. The minimum absolute atomic E-state index is 0.105. The lowest BCUT2D eigenvalue weighted by atomic mass is 10.1. The van der Waals surface area contributed by atoms with E-state index in [4.69, 9.17) is 10.2 Å². The van der Waals surface area contributed by atoms with Crippen molar-refractivity contribution < 1.29 is 9.21 Å². The largest absolute Gasteiger partial charge is 0.472 e. The number of carbonyl (C=O) groups excluding carboxylic acids is 1. The van der Waals surface area contributed by atoms with E-state index in [9.17, 15) is 4.79 Å². The first-order valence-corrected chi connectivity index (χ1v) is 4.47. The monoisotopic (exact) mass is 181 g/mol. The van der Waals surface area contributed by atoms with Crippen molar-refractivity contribution in [2.24, 2.45) is 5.73 Å². The number of Topliss-reactive ketones (excluding diaryl/α,β-unsaturated/α-hetero) is 1. The summed E-state index contributed by atoms with van der Waals surface area (Å²) in [5, 5.41) is 0. The summed E-state index contributed by atoms with van der Waals surface area (Å²) in [5.41, 5.74) is 6.48. The van der Waals surface area contributed by atoms with E-state index in [1.54, 1.807) is 12.5 Å². The van der Waals surface area contributed by atoms with Gasteiger partial charge in [-0.2, -0.15) is 0 Å². The molecule has 3 nitrogen and oxygen atoms in total. The van der Waals surface area contributed by atoms with Crippen molar-refractivity contribution in [3.05, 3.63) is 24.2 Å². The highest BCUT2D eigenvalue weighted by Gasteiger charge is 2.05. The first-order chi connectivity index (χ1) is 6.18. The Morgan fingerprint density at radius 2 is 2.46 bits per heavy atom. The molecule has 1 rings (SSSR count). The zero-order valence-corrected chi connectivity index (χ0v) is 7.82. The summed E-state index contributed by atoms with van der Waals surface area (Å²) >= 11 is 0. The van der Waals surface area contributed by atoms with Gasteiger partial charge in [0.25, 0.3) is 0 Å². The highest BCUT2D eigenvalue weighted by molar-refractivity contribution is 5.80.